The zero-order chi connectivity index (χ0) is 11.1. The molecule has 0 amide bonds. The molecule has 1 aliphatic carbocycles. The lowest BCUT2D eigenvalue weighted by Gasteiger charge is -2.32. The zero-order valence-corrected chi connectivity index (χ0v) is 9.59. The van der Waals surface area contributed by atoms with Crippen LogP contribution in [0, 0.1) is 0 Å². The van der Waals surface area contributed by atoms with E-state index in [2.05, 4.69) is 26.0 Å². The monoisotopic (exact) mass is 204 g/mol. The van der Waals surface area contributed by atoms with Crippen molar-refractivity contribution in [2.24, 2.45) is 5.73 Å². The summed E-state index contributed by atoms with van der Waals surface area (Å²) in [5, 5.41) is 0. The van der Waals surface area contributed by atoms with Crippen molar-refractivity contribution in [3.63, 3.8) is 0 Å². The van der Waals surface area contributed by atoms with Gasteiger partial charge in [0.15, 0.2) is 0 Å². The van der Waals surface area contributed by atoms with Gasteiger partial charge >= 0.3 is 0 Å². The molecule has 0 fully saturated rings. The molecule has 4 N–H and O–H groups in total. The van der Waals surface area contributed by atoms with Crippen molar-refractivity contribution in [2.45, 2.75) is 44.6 Å². The molecule has 1 unspecified atom stereocenters. The highest BCUT2D eigenvalue weighted by Crippen LogP contribution is 2.43. The maximum absolute atomic E-state index is 6.29. The van der Waals surface area contributed by atoms with Gasteiger partial charge in [0.1, 0.15) is 0 Å². The fourth-order valence-corrected chi connectivity index (χ4v) is 3.06. The Kier molecular flexibility index (Phi) is 2.47. The molecule has 0 saturated carbocycles. The van der Waals surface area contributed by atoms with Gasteiger partial charge in [-0.3, -0.25) is 0 Å². The average molecular weight is 204 g/mol. The summed E-state index contributed by atoms with van der Waals surface area (Å²) in [5.41, 5.74) is 15.9. The number of hydrogen-bond acceptors (Lipinski definition) is 2. The quantitative estimate of drug-likeness (QED) is 0.726. The summed E-state index contributed by atoms with van der Waals surface area (Å²) in [6, 6.07) is 6.51. The van der Waals surface area contributed by atoms with Crippen molar-refractivity contribution >= 4 is 5.69 Å². The predicted octanol–water partition coefficient (Wildman–Crippen LogP) is 2.21. The third kappa shape index (κ3) is 1.36. The summed E-state index contributed by atoms with van der Waals surface area (Å²) < 4.78 is 0. The van der Waals surface area contributed by atoms with E-state index >= 15 is 0 Å². The molecular weight excluding hydrogens is 184 g/mol. The van der Waals surface area contributed by atoms with Crippen LogP contribution in [0.4, 0.5) is 5.69 Å². The van der Waals surface area contributed by atoms with Crippen LogP contribution in [0.1, 0.15) is 37.8 Å². The van der Waals surface area contributed by atoms with Crippen molar-refractivity contribution in [1.29, 1.82) is 0 Å². The van der Waals surface area contributed by atoms with Crippen LogP contribution >= 0.6 is 0 Å². The largest absolute Gasteiger partial charge is 0.399 e. The van der Waals surface area contributed by atoms with Gasteiger partial charge in [-0.15, -0.1) is 0 Å². The van der Waals surface area contributed by atoms with Gasteiger partial charge in [-0.2, -0.15) is 0 Å². The molecule has 1 aromatic carbocycles. The Morgan fingerprint density at radius 2 is 2.00 bits per heavy atom. The van der Waals surface area contributed by atoms with Gasteiger partial charge < -0.3 is 11.5 Å². The molecule has 15 heavy (non-hydrogen) atoms. The minimum absolute atomic E-state index is 0.184. The Labute approximate surface area is 91.7 Å². The van der Waals surface area contributed by atoms with Crippen LogP contribution in [0.3, 0.4) is 0 Å². The van der Waals surface area contributed by atoms with Crippen LogP contribution in [0.5, 0.6) is 0 Å². The maximum Gasteiger partial charge on any atom is 0.0316 e. The Bertz CT molecular complexity index is 367. The van der Waals surface area contributed by atoms with E-state index < -0.39 is 0 Å². The first-order chi connectivity index (χ1) is 7.14. The molecule has 0 heterocycles. The summed E-state index contributed by atoms with van der Waals surface area (Å²) in [6.07, 6.45) is 3.20. The van der Waals surface area contributed by atoms with E-state index in [0.29, 0.717) is 0 Å². The average Bonchev–Trinajstić information content (AvgIpc) is 2.49. The topological polar surface area (TPSA) is 52.0 Å². The number of nitrogen functional groups attached to an aromatic ring is 1. The van der Waals surface area contributed by atoms with Crippen molar-refractivity contribution in [3.8, 4) is 0 Å². The molecule has 0 saturated heterocycles. The van der Waals surface area contributed by atoms with E-state index in [4.69, 9.17) is 11.5 Å². The number of nitrogens with two attached hydrogens (primary N) is 2. The summed E-state index contributed by atoms with van der Waals surface area (Å²) in [5.74, 6) is 0. The van der Waals surface area contributed by atoms with Crippen LogP contribution in [-0.2, 0) is 11.8 Å². The highest BCUT2D eigenvalue weighted by Gasteiger charge is 2.41. The van der Waals surface area contributed by atoms with Crippen LogP contribution < -0.4 is 11.5 Å². The summed E-state index contributed by atoms with van der Waals surface area (Å²) in [4.78, 5) is 0. The van der Waals surface area contributed by atoms with Crippen LogP contribution in [0.25, 0.3) is 0 Å². The third-order valence-electron chi connectivity index (χ3n) is 4.08. The molecular formula is C13H20N2. The number of hydrogen-bond donors (Lipinski definition) is 2. The van der Waals surface area contributed by atoms with Gasteiger partial charge in [0, 0.05) is 17.1 Å². The number of fused-ring (bicyclic) bond motifs is 1. The lowest BCUT2D eigenvalue weighted by atomic mass is 9.74. The number of rotatable bonds is 2. The molecule has 1 aromatic rings. The van der Waals surface area contributed by atoms with E-state index in [1.54, 1.807) is 0 Å². The molecule has 0 bridgehead atoms. The SMILES string of the molecule is CCC1(CC)c2ccc(N)cc2CC1N. The minimum atomic E-state index is 0.184. The first-order valence-corrected chi connectivity index (χ1v) is 5.78. The fraction of sp³-hybridized carbons (Fsp3) is 0.538. The van der Waals surface area contributed by atoms with Crippen molar-refractivity contribution in [2.75, 3.05) is 5.73 Å². The summed E-state index contributed by atoms with van der Waals surface area (Å²) >= 11 is 0. The van der Waals surface area contributed by atoms with E-state index in [1.807, 2.05) is 6.07 Å². The Morgan fingerprint density at radius 3 is 2.60 bits per heavy atom. The van der Waals surface area contributed by atoms with Gasteiger partial charge in [-0.05, 0) is 42.5 Å². The molecule has 1 aliphatic rings. The smallest absolute Gasteiger partial charge is 0.0316 e. The van der Waals surface area contributed by atoms with Crippen molar-refractivity contribution in [3.05, 3.63) is 29.3 Å². The molecule has 0 aromatic heterocycles. The second-order valence-electron chi connectivity index (χ2n) is 4.59. The van der Waals surface area contributed by atoms with Crippen LogP contribution in [-0.4, -0.2) is 6.04 Å². The number of benzene rings is 1. The zero-order valence-electron chi connectivity index (χ0n) is 9.59. The molecule has 0 spiro atoms. The standard InChI is InChI=1S/C13H20N2/c1-3-13(4-2)11-6-5-10(14)7-9(11)8-12(13)15/h5-7,12H,3-4,8,14-15H2,1-2H3. The number of anilines is 1. The van der Waals surface area contributed by atoms with E-state index in [-0.39, 0.29) is 11.5 Å². The normalized spacial score (nSPS) is 22.7. The molecule has 2 heteroatoms. The Morgan fingerprint density at radius 1 is 1.33 bits per heavy atom. The third-order valence-corrected chi connectivity index (χ3v) is 4.08. The highest BCUT2D eigenvalue weighted by molar-refractivity contribution is 5.51. The molecule has 1 atom stereocenters. The van der Waals surface area contributed by atoms with Crippen molar-refractivity contribution < 1.29 is 0 Å². The van der Waals surface area contributed by atoms with Gasteiger partial charge in [-0.25, -0.2) is 0 Å². The van der Waals surface area contributed by atoms with Gasteiger partial charge in [0.05, 0.1) is 0 Å². The van der Waals surface area contributed by atoms with Gasteiger partial charge in [0.2, 0.25) is 0 Å². The summed E-state index contributed by atoms with van der Waals surface area (Å²) in [7, 11) is 0. The predicted molar refractivity (Wildman–Crippen MR) is 64.8 cm³/mol. The van der Waals surface area contributed by atoms with Gasteiger partial charge in [0.25, 0.3) is 0 Å². The Hall–Kier alpha value is -1.02. The maximum atomic E-state index is 6.29. The van der Waals surface area contributed by atoms with E-state index in [0.717, 1.165) is 24.9 Å². The lowest BCUT2D eigenvalue weighted by Crippen LogP contribution is -2.41. The van der Waals surface area contributed by atoms with Crippen molar-refractivity contribution in [1.82, 2.24) is 0 Å². The molecule has 82 valence electrons. The van der Waals surface area contributed by atoms with Crippen LogP contribution in [0.2, 0.25) is 0 Å². The lowest BCUT2D eigenvalue weighted by molar-refractivity contribution is 0.343. The first kappa shape index (κ1) is 10.5. The molecule has 0 radical (unpaired) electrons. The fourth-order valence-electron chi connectivity index (χ4n) is 3.06. The molecule has 2 nitrogen and oxygen atoms in total. The summed E-state index contributed by atoms with van der Waals surface area (Å²) in [6.45, 7) is 4.46. The first-order valence-electron chi connectivity index (χ1n) is 5.78. The second-order valence-corrected chi connectivity index (χ2v) is 4.59. The van der Waals surface area contributed by atoms with E-state index in [1.165, 1.54) is 11.1 Å². The van der Waals surface area contributed by atoms with E-state index in [9.17, 15) is 0 Å². The van der Waals surface area contributed by atoms with Crippen LogP contribution in [0.15, 0.2) is 18.2 Å². The second kappa shape index (κ2) is 3.53. The Balaban J connectivity index is 2.54. The minimum Gasteiger partial charge on any atom is -0.399 e. The molecule has 0 aliphatic heterocycles. The van der Waals surface area contributed by atoms with Gasteiger partial charge in [-0.1, -0.05) is 19.9 Å². The molecule has 2 rings (SSSR count). The highest BCUT2D eigenvalue weighted by atomic mass is 14.7.